The summed E-state index contributed by atoms with van der Waals surface area (Å²) in [7, 11) is 0. The molecule has 0 aliphatic heterocycles. The minimum Gasteiger partial charge on any atom is -0.444 e. The number of hydrogen-bond acceptors (Lipinski definition) is 4. The number of nitrogens with one attached hydrogen (secondary N) is 2. The van der Waals surface area contributed by atoms with E-state index < -0.39 is 23.9 Å². The first-order chi connectivity index (χ1) is 10.7. The van der Waals surface area contributed by atoms with Crippen LogP contribution in [0.1, 0.15) is 38.0 Å². The van der Waals surface area contributed by atoms with Crippen LogP contribution < -0.4 is 5.32 Å². The molecular formula is C17H24N2O4. The zero-order valence-corrected chi connectivity index (χ0v) is 13.9. The normalized spacial score (nSPS) is 14.5. The Kier molecular flexibility index (Phi) is 4.97. The van der Waals surface area contributed by atoms with Crippen molar-refractivity contribution in [1.82, 2.24) is 10.3 Å². The summed E-state index contributed by atoms with van der Waals surface area (Å²) < 4.78 is 5.09. The number of fused-ring (bicyclic) bond motifs is 1. The molecule has 1 amide bonds. The van der Waals surface area contributed by atoms with E-state index in [1.54, 1.807) is 27.0 Å². The van der Waals surface area contributed by atoms with Crippen molar-refractivity contribution < 1.29 is 19.7 Å². The number of benzene rings is 1. The molecule has 0 aliphatic carbocycles. The summed E-state index contributed by atoms with van der Waals surface area (Å²) in [5.74, 6) is 0. The van der Waals surface area contributed by atoms with Gasteiger partial charge in [-0.25, -0.2) is 4.79 Å². The third kappa shape index (κ3) is 4.46. The Labute approximate surface area is 135 Å². The molecule has 2 atom stereocenters. The Morgan fingerprint density at radius 3 is 2.70 bits per heavy atom. The molecule has 2 unspecified atom stereocenters. The maximum absolute atomic E-state index is 11.6. The molecule has 2 rings (SSSR count). The standard InChI is InChI=1S/C17H24N2O4/c1-10-5-6-11-12(8-18-13(11)7-10)15(21)14(20)9-19-16(22)23-17(2,3)4/h5-8,14-15,18,20-21H,9H2,1-4H3,(H,19,22). The van der Waals surface area contributed by atoms with Crippen LogP contribution in [0.3, 0.4) is 0 Å². The molecule has 2 aromatic rings. The highest BCUT2D eigenvalue weighted by atomic mass is 16.6. The summed E-state index contributed by atoms with van der Waals surface area (Å²) in [4.78, 5) is 14.7. The molecular weight excluding hydrogens is 296 g/mol. The number of rotatable bonds is 4. The number of hydrogen-bond donors (Lipinski definition) is 4. The lowest BCUT2D eigenvalue weighted by Gasteiger charge is -2.22. The Morgan fingerprint density at radius 2 is 2.04 bits per heavy atom. The van der Waals surface area contributed by atoms with Crippen LogP contribution in [0.5, 0.6) is 0 Å². The van der Waals surface area contributed by atoms with Gasteiger partial charge in [-0.2, -0.15) is 0 Å². The van der Waals surface area contributed by atoms with E-state index in [-0.39, 0.29) is 6.54 Å². The van der Waals surface area contributed by atoms with Gasteiger partial charge in [0.15, 0.2) is 0 Å². The van der Waals surface area contributed by atoms with Gasteiger partial charge >= 0.3 is 6.09 Å². The van der Waals surface area contributed by atoms with Crippen molar-refractivity contribution in [2.24, 2.45) is 0 Å². The first kappa shape index (κ1) is 17.3. The predicted molar refractivity (Wildman–Crippen MR) is 88.2 cm³/mol. The summed E-state index contributed by atoms with van der Waals surface area (Å²) in [6.45, 7) is 7.15. The number of amides is 1. The molecule has 6 nitrogen and oxygen atoms in total. The fourth-order valence-corrected chi connectivity index (χ4v) is 2.33. The van der Waals surface area contributed by atoms with Gasteiger partial charge in [0.1, 0.15) is 17.8 Å². The second-order valence-electron chi connectivity index (χ2n) is 6.69. The van der Waals surface area contributed by atoms with Crippen LogP contribution in [0.15, 0.2) is 24.4 Å². The van der Waals surface area contributed by atoms with Gasteiger partial charge in [-0.15, -0.1) is 0 Å². The fraction of sp³-hybridized carbons (Fsp3) is 0.471. The smallest absolute Gasteiger partial charge is 0.407 e. The maximum Gasteiger partial charge on any atom is 0.407 e. The van der Waals surface area contributed by atoms with Crippen molar-refractivity contribution in [3.8, 4) is 0 Å². The number of aromatic nitrogens is 1. The number of aliphatic hydroxyl groups is 2. The number of carbonyl (C=O) groups is 1. The lowest BCUT2D eigenvalue weighted by atomic mass is 10.0. The van der Waals surface area contributed by atoms with Crippen LogP contribution in [0, 0.1) is 6.92 Å². The third-order valence-corrected chi connectivity index (χ3v) is 3.41. The number of aryl methyl sites for hydroxylation is 1. The molecule has 0 saturated heterocycles. The topological polar surface area (TPSA) is 94.6 Å². The number of ether oxygens (including phenoxy) is 1. The molecule has 6 heteroatoms. The van der Waals surface area contributed by atoms with Crippen LogP contribution in [-0.2, 0) is 4.74 Å². The van der Waals surface area contributed by atoms with E-state index in [9.17, 15) is 15.0 Å². The highest BCUT2D eigenvalue weighted by Gasteiger charge is 2.23. The van der Waals surface area contributed by atoms with Crippen LogP contribution in [0.4, 0.5) is 4.79 Å². The zero-order chi connectivity index (χ0) is 17.2. The summed E-state index contributed by atoms with van der Waals surface area (Å²) in [5.41, 5.74) is 1.99. The number of aromatic amines is 1. The lowest BCUT2D eigenvalue weighted by molar-refractivity contribution is 0.0136. The van der Waals surface area contributed by atoms with Crippen LogP contribution in [0.25, 0.3) is 10.9 Å². The molecule has 4 N–H and O–H groups in total. The Morgan fingerprint density at radius 1 is 1.35 bits per heavy atom. The minimum absolute atomic E-state index is 0.103. The number of aliphatic hydroxyl groups excluding tert-OH is 2. The van der Waals surface area contributed by atoms with Crippen molar-refractivity contribution in [1.29, 1.82) is 0 Å². The minimum atomic E-state index is -1.14. The molecule has 1 aromatic heterocycles. The van der Waals surface area contributed by atoms with Crippen molar-refractivity contribution in [3.05, 3.63) is 35.5 Å². The SMILES string of the molecule is Cc1ccc2c(C(O)C(O)CNC(=O)OC(C)(C)C)c[nH]c2c1. The monoisotopic (exact) mass is 320 g/mol. The molecule has 0 radical (unpaired) electrons. The highest BCUT2D eigenvalue weighted by molar-refractivity contribution is 5.84. The lowest BCUT2D eigenvalue weighted by Crippen LogP contribution is -2.38. The van der Waals surface area contributed by atoms with Gasteiger partial charge in [-0.1, -0.05) is 12.1 Å². The Balaban J connectivity index is 2.01. The van der Waals surface area contributed by atoms with E-state index in [4.69, 9.17) is 4.74 Å². The van der Waals surface area contributed by atoms with E-state index in [0.29, 0.717) is 5.56 Å². The van der Waals surface area contributed by atoms with Gasteiger partial charge in [0.25, 0.3) is 0 Å². The van der Waals surface area contributed by atoms with Crippen molar-refractivity contribution in [2.45, 2.75) is 45.5 Å². The Bertz CT molecular complexity index is 687. The van der Waals surface area contributed by atoms with Gasteiger partial charge in [0.2, 0.25) is 0 Å². The molecule has 23 heavy (non-hydrogen) atoms. The van der Waals surface area contributed by atoms with Crippen molar-refractivity contribution in [2.75, 3.05) is 6.54 Å². The van der Waals surface area contributed by atoms with Crippen molar-refractivity contribution in [3.63, 3.8) is 0 Å². The summed E-state index contributed by atoms with van der Waals surface area (Å²) in [6, 6.07) is 5.81. The zero-order valence-electron chi connectivity index (χ0n) is 13.9. The first-order valence-electron chi connectivity index (χ1n) is 7.58. The van der Waals surface area contributed by atoms with Gasteiger partial charge in [-0.3, -0.25) is 0 Å². The predicted octanol–water partition coefficient (Wildman–Crippen LogP) is 2.40. The molecule has 0 bridgehead atoms. The number of H-pyrrole nitrogens is 1. The highest BCUT2D eigenvalue weighted by Crippen LogP contribution is 2.26. The van der Waals surface area contributed by atoms with Crippen LogP contribution in [-0.4, -0.2) is 39.5 Å². The quantitative estimate of drug-likeness (QED) is 0.696. The average Bonchev–Trinajstić information content (AvgIpc) is 2.84. The molecule has 1 aromatic carbocycles. The Hall–Kier alpha value is -2.05. The van der Waals surface area contributed by atoms with Crippen LogP contribution in [0.2, 0.25) is 0 Å². The molecule has 0 saturated carbocycles. The van der Waals surface area contributed by atoms with Crippen molar-refractivity contribution >= 4 is 17.0 Å². The average molecular weight is 320 g/mol. The second kappa shape index (κ2) is 6.60. The van der Waals surface area contributed by atoms with Gasteiger partial charge in [0, 0.05) is 29.2 Å². The molecule has 0 fully saturated rings. The molecule has 126 valence electrons. The van der Waals surface area contributed by atoms with Crippen LogP contribution >= 0.6 is 0 Å². The maximum atomic E-state index is 11.6. The van der Waals surface area contributed by atoms with E-state index in [2.05, 4.69) is 10.3 Å². The fourth-order valence-electron chi connectivity index (χ4n) is 2.33. The number of alkyl carbamates (subject to hydrolysis) is 1. The van der Waals surface area contributed by atoms with Gasteiger partial charge in [0.05, 0.1) is 0 Å². The number of carbonyl (C=O) groups excluding carboxylic acids is 1. The summed E-state index contributed by atoms with van der Waals surface area (Å²) in [5, 5.41) is 23.7. The van der Waals surface area contributed by atoms with Gasteiger partial charge < -0.3 is 25.3 Å². The largest absolute Gasteiger partial charge is 0.444 e. The summed E-state index contributed by atoms with van der Waals surface area (Å²) in [6.07, 6.45) is -1.20. The molecule has 1 heterocycles. The van der Waals surface area contributed by atoms with E-state index in [1.807, 2.05) is 25.1 Å². The van der Waals surface area contributed by atoms with E-state index >= 15 is 0 Å². The molecule has 0 aliphatic rings. The second-order valence-corrected chi connectivity index (χ2v) is 6.69. The first-order valence-corrected chi connectivity index (χ1v) is 7.58. The van der Waals surface area contributed by atoms with E-state index in [1.165, 1.54) is 0 Å². The molecule has 0 spiro atoms. The van der Waals surface area contributed by atoms with Gasteiger partial charge in [-0.05, 0) is 39.3 Å². The summed E-state index contributed by atoms with van der Waals surface area (Å²) >= 11 is 0. The third-order valence-electron chi connectivity index (χ3n) is 3.41. The van der Waals surface area contributed by atoms with E-state index in [0.717, 1.165) is 16.5 Å².